The summed E-state index contributed by atoms with van der Waals surface area (Å²) in [5.41, 5.74) is 2.56. The molecule has 1 heterocycles. The second-order valence-electron chi connectivity index (χ2n) is 3.26. The minimum atomic E-state index is 0.250. The molecule has 0 aliphatic rings. The molecule has 0 saturated carbocycles. The predicted molar refractivity (Wildman–Crippen MR) is 61.4 cm³/mol. The molecule has 1 aromatic carbocycles. The lowest BCUT2D eigenvalue weighted by Gasteiger charge is -2.03. The van der Waals surface area contributed by atoms with Gasteiger partial charge in [0.25, 0.3) is 0 Å². The Morgan fingerprint density at radius 3 is 2.53 bits per heavy atom. The van der Waals surface area contributed by atoms with Crippen LogP contribution in [0.2, 0.25) is 0 Å². The van der Waals surface area contributed by atoms with E-state index >= 15 is 0 Å². The molecule has 5 nitrogen and oxygen atoms in total. The Bertz CT molecular complexity index is 505. The lowest BCUT2D eigenvalue weighted by Crippen LogP contribution is -1.81. The molecule has 0 saturated heterocycles. The molecule has 6 heteroatoms. The van der Waals surface area contributed by atoms with E-state index in [9.17, 15) is 0 Å². The van der Waals surface area contributed by atoms with Crippen LogP contribution in [-0.2, 0) is 9.59 Å². The Labute approximate surface area is 103 Å². The summed E-state index contributed by atoms with van der Waals surface area (Å²) in [6, 6.07) is 6.39. The molecule has 0 aliphatic carbocycles. The number of aryl methyl sites for hydroxylation is 2. The first-order valence-electron chi connectivity index (χ1n) is 4.77. The SMILES string of the molecule is Cc1ccc(Sc2cn[nH]n2)c(C)c1.O=C=O. The van der Waals surface area contributed by atoms with Gasteiger partial charge in [-0.05, 0) is 25.5 Å². The summed E-state index contributed by atoms with van der Waals surface area (Å²) in [4.78, 5) is 17.5. The maximum Gasteiger partial charge on any atom is 0.373 e. The van der Waals surface area contributed by atoms with Crippen LogP contribution >= 0.6 is 11.8 Å². The molecule has 0 aliphatic heterocycles. The van der Waals surface area contributed by atoms with E-state index in [0.717, 1.165) is 5.03 Å². The predicted octanol–water partition coefficient (Wildman–Crippen LogP) is 1.99. The lowest BCUT2D eigenvalue weighted by atomic mass is 10.2. The van der Waals surface area contributed by atoms with Crippen molar-refractivity contribution >= 4 is 17.9 Å². The number of benzene rings is 1. The Balaban J connectivity index is 0.000000437. The molecular formula is C11H11N3O2S. The van der Waals surface area contributed by atoms with Crippen molar-refractivity contribution in [3.8, 4) is 0 Å². The quantitative estimate of drug-likeness (QED) is 0.880. The molecule has 2 rings (SSSR count). The van der Waals surface area contributed by atoms with E-state index in [1.165, 1.54) is 16.0 Å². The highest BCUT2D eigenvalue weighted by Gasteiger charge is 2.02. The highest BCUT2D eigenvalue weighted by atomic mass is 32.2. The fraction of sp³-hybridized carbons (Fsp3) is 0.182. The van der Waals surface area contributed by atoms with Crippen LogP contribution in [0.15, 0.2) is 34.3 Å². The first kappa shape index (κ1) is 13.2. The zero-order valence-corrected chi connectivity index (χ0v) is 10.2. The fourth-order valence-electron chi connectivity index (χ4n) is 1.27. The monoisotopic (exact) mass is 249 g/mol. The third-order valence-electron chi connectivity index (χ3n) is 1.94. The lowest BCUT2D eigenvalue weighted by molar-refractivity contribution is -0.191. The average Bonchev–Trinajstić information content (AvgIpc) is 2.76. The van der Waals surface area contributed by atoms with E-state index in [4.69, 9.17) is 9.59 Å². The molecule has 17 heavy (non-hydrogen) atoms. The van der Waals surface area contributed by atoms with Gasteiger partial charge in [-0.2, -0.15) is 19.9 Å². The van der Waals surface area contributed by atoms with Crippen molar-refractivity contribution in [2.45, 2.75) is 23.8 Å². The number of carbonyl (C=O) groups excluding carboxylic acids is 2. The maximum atomic E-state index is 8.12. The molecule has 0 unspecified atom stereocenters. The fourth-order valence-corrected chi connectivity index (χ4v) is 2.04. The van der Waals surface area contributed by atoms with Gasteiger partial charge < -0.3 is 0 Å². The highest BCUT2D eigenvalue weighted by Crippen LogP contribution is 2.28. The summed E-state index contributed by atoms with van der Waals surface area (Å²) in [5.74, 6) is 0. The van der Waals surface area contributed by atoms with Crippen LogP contribution in [0.4, 0.5) is 0 Å². The number of nitrogens with one attached hydrogen (secondary N) is 1. The molecule has 0 bridgehead atoms. The number of hydrogen-bond acceptors (Lipinski definition) is 5. The molecule has 1 N–H and O–H groups in total. The summed E-state index contributed by atoms with van der Waals surface area (Å²) < 4.78 is 0. The van der Waals surface area contributed by atoms with Gasteiger partial charge in [0.1, 0.15) is 5.03 Å². The van der Waals surface area contributed by atoms with Crippen LogP contribution in [0.25, 0.3) is 0 Å². The highest BCUT2D eigenvalue weighted by molar-refractivity contribution is 7.99. The Morgan fingerprint density at radius 2 is 2.00 bits per heavy atom. The molecule has 0 fully saturated rings. The maximum absolute atomic E-state index is 8.12. The van der Waals surface area contributed by atoms with Crippen molar-refractivity contribution in [2.75, 3.05) is 0 Å². The molecule has 0 spiro atoms. The first-order valence-corrected chi connectivity index (χ1v) is 5.59. The molecule has 0 atom stereocenters. The molecule has 0 radical (unpaired) electrons. The number of aromatic amines is 1. The minimum Gasteiger partial charge on any atom is -0.197 e. The normalized spacial score (nSPS) is 9.06. The van der Waals surface area contributed by atoms with Crippen LogP contribution in [0, 0.1) is 13.8 Å². The third kappa shape index (κ3) is 4.22. The van der Waals surface area contributed by atoms with Crippen LogP contribution < -0.4 is 0 Å². The van der Waals surface area contributed by atoms with Crippen LogP contribution in [0.3, 0.4) is 0 Å². The molecular weight excluding hydrogens is 238 g/mol. The number of H-pyrrole nitrogens is 1. The van der Waals surface area contributed by atoms with Crippen molar-refractivity contribution in [2.24, 2.45) is 0 Å². The molecule has 2 aromatic rings. The van der Waals surface area contributed by atoms with Crippen LogP contribution in [0.1, 0.15) is 11.1 Å². The van der Waals surface area contributed by atoms with E-state index in [1.54, 1.807) is 18.0 Å². The summed E-state index contributed by atoms with van der Waals surface area (Å²) >= 11 is 1.62. The summed E-state index contributed by atoms with van der Waals surface area (Å²) in [6.45, 7) is 4.20. The average molecular weight is 249 g/mol. The van der Waals surface area contributed by atoms with E-state index < -0.39 is 0 Å². The largest absolute Gasteiger partial charge is 0.373 e. The van der Waals surface area contributed by atoms with Gasteiger partial charge in [-0.3, -0.25) is 0 Å². The second-order valence-corrected chi connectivity index (χ2v) is 4.32. The number of rotatable bonds is 2. The van der Waals surface area contributed by atoms with Gasteiger partial charge in [-0.1, -0.05) is 29.5 Å². The topological polar surface area (TPSA) is 75.7 Å². The molecule has 88 valence electrons. The summed E-state index contributed by atoms with van der Waals surface area (Å²) in [7, 11) is 0. The zero-order valence-electron chi connectivity index (χ0n) is 9.43. The number of hydrogen-bond donors (Lipinski definition) is 1. The van der Waals surface area contributed by atoms with Gasteiger partial charge in [-0.15, -0.1) is 5.10 Å². The Hall–Kier alpha value is -1.91. The van der Waals surface area contributed by atoms with Crippen LogP contribution in [0.5, 0.6) is 0 Å². The second kappa shape index (κ2) is 6.62. The zero-order chi connectivity index (χ0) is 12.7. The number of nitrogens with zero attached hydrogens (tertiary/aromatic N) is 2. The Kier molecular flexibility index (Phi) is 5.13. The van der Waals surface area contributed by atoms with Crippen molar-refractivity contribution in [3.05, 3.63) is 35.5 Å². The number of aromatic nitrogens is 3. The smallest absolute Gasteiger partial charge is 0.197 e. The molecule has 0 amide bonds. The van der Waals surface area contributed by atoms with Gasteiger partial charge in [0.05, 0.1) is 6.20 Å². The summed E-state index contributed by atoms with van der Waals surface area (Å²) in [5, 5.41) is 11.3. The van der Waals surface area contributed by atoms with Gasteiger partial charge in [-0.25, -0.2) is 0 Å². The Morgan fingerprint density at radius 1 is 1.29 bits per heavy atom. The van der Waals surface area contributed by atoms with Gasteiger partial charge in [0.2, 0.25) is 0 Å². The summed E-state index contributed by atoms with van der Waals surface area (Å²) in [6.07, 6.45) is 1.98. The van der Waals surface area contributed by atoms with Crippen LogP contribution in [-0.4, -0.2) is 21.6 Å². The van der Waals surface area contributed by atoms with Gasteiger partial charge in [0, 0.05) is 4.90 Å². The van der Waals surface area contributed by atoms with Gasteiger partial charge >= 0.3 is 6.15 Å². The first-order chi connectivity index (χ1) is 8.17. The van der Waals surface area contributed by atoms with Crippen molar-refractivity contribution < 1.29 is 9.59 Å². The van der Waals surface area contributed by atoms with E-state index in [1.807, 2.05) is 0 Å². The van der Waals surface area contributed by atoms with Crippen molar-refractivity contribution in [1.29, 1.82) is 0 Å². The van der Waals surface area contributed by atoms with E-state index in [2.05, 4.69) is 47.5 Å². The van der Waals surface area contributed by atoms with Crippen molar-refractivity contribution in [1.82, 2.24) is 15.4 Å². The standard InChI is InChI=1S/C10H11N3S.CO2/c1-7-3-4-9(8(2)5-7)14-10-6-11-13-12-10;2-1-3/h3-6H,1-2H3,(H,11,12,13);. The minimum absolute atomic E-state index is 0.250. The third-order valence-corrected chi connectivity index (χ3v) is 3.02. The van der Waals surface area contributed by atoms with Crippen molar-refractivity contribution in [3.63, 3.8) is 0 Å². The molecule has 1 aromatic heterocycles. The van der Waals surface area contributed by atoms with Gasteiger partial charge in [0.15, 0.2) is 0 Å². The van der Waals surface area contributed by atoms with E-state index in [-0.39, 0.29) is 6.15 Å². The van der Waals surface area contributed by atoms with E-state index in [0.29, 0.717) is 0 Å².